The summed E-state index contributed by atoms with van der Waals surface area (Å²) >= 11 is 0. The fourth-order valence-electron chi connectivity index (χ4n) is 1.22. The zero-order valence-corrected chi connectivity index (χ0v) is 9.88. The lowest BCUT2D eigenvalue weighted by Crippen LogP contribution is -2.37. The van der Waals surface area contributed by atoms with E-state index in [2.05, 4.69) is 15.3 Å². The van der Waals surface area contributed by atoms with Gasteiger partial charge in [0.15, 0.2) is 0 Å². The first kappa shape index (κ1) is 12.9. The van der Waals surface area contributed by atoms with Crippen LogP contribution >= 0.6 is 12.4 Å². The molecule has 88 valence electrons. The molecule has 1 aromatic rings. The number of carbonyl (C=O) groups is 1. The number of carbonyl (C=O) groups excluding carboxylic acids is 1. The summed E-state index contributed by atoms with van der Waals surface area (Å²) in [6.45, 7) is 1.98. The molecule has 5 nitrogen and oxygen atoms in total. The summed E-state index contributed by atoms with van der Waals surface area (Å²) in [6, 6.07) is 0. The molecule has 0 radical (unpaired) electrons. The number of amides is 1. The van der Waals surface area contributed by atoms with Crippen molar-refractivity contribution in [2.75, 3.05) is 5.32 Å². The molecule has 0 spiro atoms. The predicted molar refractivity (Wildman–Crippen MR) is 63.4 cm³/mol. The van der Waals surface area contributed by atoms with Crippen LogP contribution in [0.1, 0.15) is 25.6 Å². The summed E-state index contributed by atoms with van der Waals surface area (Å²) < 4.78 is 0. The van der Waals surface area contributed by atoms with Gasteiger partial charge in [-0.05, 0) is 12.8 Å². The van der Waals surface area contributed by atoms with Crippen LogP contribution in [0.3, 0.4) is 0 Å². The summed E-state index contributed by atoms with van der Waals surface area (Å²) in [5, 5.41) is 2.71. The number of halogens is 1. The molecule has 0 unspecified atom stereocenters. The summed E-state index contributed by atoms with van der Waals surface area (Å²) in [7, 11) is 0. The van der Waals surface area contributed by atoms with Crippen molar-refractivity contribution >= 4 is 24.0 Å². The van der Waals surface area contributed by atoms with Crippen molar-refractivity contribution in [3.8, 4) is 0 Å². The first-order valence-corrected chi connectivity index (χ1v) is 5.05. The Morgan fingerprint density at radius 3 is 2.50 bits per heavy atom. The third-order valence-corrected chi connectivity index (χ3v) is 2.52. The van der Waals surface area contributed by atoms with Gasteiger partial charge in [0.25, 0.3) is 0 Å². The van der Waals surface area contributed by atoms with Crippen LogP contribution in [0.5, 0.6) is 0 Å². The summed E-state index contributed by atoms with van der Waals surface area (Å²) in [4.78, 5) is 19.7. The maximum Gasteiger partial charge on any atom is 0.244 e. The predicted octanol–water partition coefficient (Wildman–Crippen LogP) is 0.891. The van der Waals surface area contributed by atoms with Gasteiger partial charge in [0.1, 0.15) is 5.82 Å². The maximum absolute atomic E-state index is 11.6. The number of aromatic nitrogens is 2. The quantitative estimate of drug-likeness (QED) is 0.825. The largest absolute Gasteiger partial charge is 0.322 e. The van der Waals surface area contributed by atoms with E-state index in [-0.39, 0.29) is 18.3 Å². The molecule has 1 heterocycles. The van der Waals surface area contributed by atoms with Gasteiger partial charge in [-0.3, -0.25) is 4.79 Å². The highest BCUT2D eigenvalue weighted by Crippen LogP contribution is 2.33. The lowest BCUT2D eigenvalue weighted by Gasteiger charge is -2.09. The monoisotopic (exact) mass is 242 g/mol. The second-order valence-electron chi connectivity index (χ2n) is 3.85. The van der Waals surface area contributed by atoms with Crippen LogP contribution in [-0.4, -0.2) is 21.4 Å². The Bertz CT molecular complexity index is 375. The molecule has 2 rings (SSSR count). The molecule has 0 bridgehead atoms. The number of rotatable bonds is 3. The van der Waals surface area contributed by atoms with E-state index in [1.807, 2.05) is 6.92 Å². The van der Waals surface area contributed by atoms with Gasteiger partial charge in [0, 0.05) is 6.42 Å². The minimum Gasteiger partial charge on any atom is -0.322 e. The second kappa shape index (κ2) is 4.76. The normalized spacial score (nSPS) is 16.1. The number of hydrogen-bond donors (Lipinski definition) is 2. The summed E-state index contributed by atoms with van der Waals surface area (Å²) in [5.74, 6) is 0.622. The lowest BCUT2D eigenvalue weighted by atomic mass is 10.2. The zero-order valence-electron chi connectivity index (χ0n) is 9.06. The Morgan fingerprint density at radius 1 is 1.50 bits per heavy atom. The van der Waals surface area contributed by atoms with Crippen LogP contribution in [0.25, 0.3) is 0 Å². The molecule has 3 N–H and O–H groups in total. The fraction of sp³-hybridized carbons (Fsp3) is 0.500. The first-order valence-electron chi connectivity index (χ1n) is 5.05. The Labute approximate surface area is 100 Å². The minimum absolute atomic E-state index is 0. The molecule has 16 heavy (non-hydrogen) atoms. The van der Waals surface area contributed by atoms with Gasteiger partial charge in [-0.15, -0.1) is 12.4 Å². The van der Waals surface area contributed by atoms with Crippen molar-refractivity contribution in [3.63, 3.8) is 0 Å². The molecule has 1 saturated carbocycles. The van der Waals surface area contributed by atoms with E-state index in [1.165, 1.54) is 0 Å². The van der Waals surface area contributed by atoms with E-state index in [1.54, 1.807) is 12.4 Å². The SMILES string of the molecule is CCc1ncc(NC(=O)C2(N)CC2)cn1.Cl. The highest BCUT2D eigenvalue weighted by molar-refractivity contribution is 5.99. The molecule has 1 amide bonds. The van der Waals surface area contributed by atoms with Crippen LogP contribution in [0.15, 0.2) is 12.4 Å². The number of hydrogen-bond acceptors (Lipinski definition) is 4. The smallest absolute Gasteiger partial charge is 0.244 e. The van der Waals surface area contributed by atoms with Crippen LogP contribution < -0.4 is 11.1 Å². The van der Waals surface area contributed by atoms with E-state index in [9.17, 15) is 4.79 Å². The third kappa shape index (κ3) is 2.68. The average molecular weight is 243 g/mol. The van der Waals surface area contributed by atoms with E-state index >= 15 is 0 Å². The number of nitrogens with one attached hydrogen (secondary N) is 1. The number of nitrogens with two attached hydrogens (primary N) is 1. The van der Waals surface area contributed by atoms with Crippen molar-refractivity contribution in [3.05, 3.63) is 18.2 Å². The second-order valence-corrected chi connectivity index (χ2v) is 3.85. The topological polar surface area (TPSA) is 80.9 Å². The Morgan fingerprint density at radius 2 is 2.06 bits per heavy atom. The van der Waals surface area contributed by atoms with Crippen LogP contribution in [0, 0.1) is 0 Å². The highest BCUT2D eigenvalue weighted by atomic mass is 35.5. The van der Waals surface area contributed by atoms with Crippen molar-refractivity contribution in [1.82, 2.24) is 9.97 Å². The molecular formula is C10H15ClN4O. The van der Waals surface area contributed by atoms with Crippen LogP contribution in [-0.2, 0) is 11.2 Å². The van der Waals surface area contributed by atoms with E-state index in [0.29, 0.717) is 5.69 Å². The van der Waals surface area contributed by atoms with E-state index in [0.717, 1.165) is 25.1 Å². The Kier molecular flexibility index (Phi) is 3.83. The van der Waals surface area contributed by atoms with Gasteiger partial charge in [-0.25, -0.2) is 9.97 Å². The van der Waals surface area contributed by atoms with Crippen molar-refractivity contribution in [2.45, 2.75) is 31.7 Å². The molecule has 0 aliphatic heterocycles. The van der Waals surface area contributed by atoms with E-state index < -0.39 is 5.54 Å². The fourth-order valence-corrected chi connectivity index (χ4v) is 1.22. The van der Waals surface area contributed by atoms with Gasteiger partial charge in [0.2, 0.25) is 5.91 Å². The van der Waals surface area contributed by atoms with Crippen LogP contribution in [0.2, 0.25) is 0 Å². The van der Waals surface area contributed by atoms with Gasteiger partial charge >= 0.3 is 0 Å². The van der Waals surface area contributed by atoms with Gasteiger partial charge in [-0.1, -0.05) is 6.92 Å². The zero-order chi connectivity index (χ0) is 10.9. The molecular weight excluding hydrogens is 228 g/mol. The molecule has 1 aliphatic carbocycles. The van der Waals surface area contributed by atoms with Gasteiger partial charge in [-0.2, -0.15) is 0 Å². The number of aryl methyl sites for hydroxylation is 1. The van der Waals surface area contributed by atoms with Crippen LogP contribution in [0.4, 0.5) is 5.69 Å². The standard InChI is InChI=1S/C10H14N4O.ClH/c1-2-8-12-5-7(6-13-8)14-9(15)10(11)3-4-10;/h5-6H,2-4,11H2,1H3,(H,14,15);1H. The Balaban J connectivity index is 0.00000128. The lowest BCUT2D eigenvalue weighted by molar-refractivity contribution is -0.118. The minimum atomic E-state index is -0.649. The van der Waals surface area contributed by atoms with Crippen molar-refractivity contribution < 1.29 is 4.79 Å². The van der Waals surface area contributed by atoms with Crippen molar-refractivity contribution in [2.24, 2.45) is 5.73 Å². The number of nitrogens with zero attached hydrogens (tertiary/aromatic N) is 2. The number of anilines is 1. The maximum atomic E-state index is 11.6. The first-order chi connectivity index (χ1) is 7.14. The van der Waals surface area contributed by atoms with Gasteiger partial charge < -0.3 is 11.1 Å². The average Bonchev–Trinajstić information content (AvgIpc) is 2.99. The summed E-state index contributed by atoms with van der Waals surface area (Å²) in [6.07, 6.45) is 5.51. The molecule has 1 aliphatic rings. The van der Waals surface area contributed by atoms with E-state index in [4.69, 9.17) is 5.73 Å². The highest BCUT2D eigenvalue weighted by Gasteiger charge is 2.45. The molecule has 1 fully saturated rings. The van der Waals surface area contributed by atoms with Crippen molar-refractivity contribution in [1.29, 1.82) is 0 Å². The third-order valence-electron chi connectivity index (χ3n) is 2.52. The summed E-state index contributed by atoms with van der Waals surface area (Å²) in [5.41, 5.74) is 5.70. The molecule has 0 atom stereocenters. The molecule has 0 aromatic carbocycles. The molecule has 6 heteroatoms. The molecule has 1 aromatic heterocycles. The van der Waals surface area contributed by atoms with Gasteiger partial charge in [0.05, 0.1) is 23.6 Å². The molecule has 0 saturated heterocycles. The Hall–Kier alpha value is -1.20.